The van der Waals surface area contributed by atoms with Crippen molar-refractivity contribution >= 4 is 75.4 Å². The zero-order valence-electron chi connectivity index (χ0n) is 26.0. The van der Waals surface area contributed by atoms with E-state index in [-0.39, 0.29) is 7.43 Å². The Labute approximate surface area is 284 Å². The molecule has 1 aliphatic carbocycles. The Bertz CT molecular complexity index is 3110. The zero-order valence-corrected chi connectivity index (χ0v) is 26.0. The molecule has 0 spiro atoms. The Balaban J connectivity index is 0.00000290. The number of rotatable bonds is 2. The maximum absolute atomic E-state index is 2.42. The lowest BCUT2D eigenvalue weighted by molar-refractivity contribution is 1.69. The molecule has 226 valence electrons. The Morgan fingerprint density at radius 1 is 0.204 bits per heavy atom. The predicted octanol–water partition coefficient (Wildman–Crippen LogP) is 14.3. The molecule has 11 aromatic carbocycles. The van der Waals surface area contributed by atoms with Crippen molar-refractivity contribution < 1.29 is 0 Å². The van der Waals surface area contributed by atoms with Gasteiger partial charge in [0.15, 0.2) is 0 Å². The molecular formula is C49H30. The molecule has 49 heavy (non-hydrogen) atoms. The lowest BCUT2D eigenvalue weighted by atomic mass is 9.90. The highest BCUT2D eigenvalue weighted by atomic mass is 14.3. The summed E-state index contributed by atoms with van der Waals surface area (Å²) in [6, 6.07) is 59.2. The van der Waals surface area contributed by atoms with Crippen LogP contribution in [0.25, 0.3) is 120 Å². The summed E-state index contributed by atoms with van der Waals surface area (Å²) in [7, 11) is 0. The van der Waals surface area contributed by atoms with Crippen LogP contribution in [0.5, 0.6) is 0 Å². The van der Waals surface area contributed by atoms with Gasteiger partial charge in [-0.2, -0.15) is 0 Å². The third-order valence-electron chi connectivity index (χ3n) is 11.3. The van der Waals surface area contributed by atoms with E-state index >= 15 is 0 Å². The van der Waals surface area contributed by atoms with Crippen LogP contribution in [0, 0.1) is 0 Å². The monoisotopic (exact) mass is 618 g/mol. The number of hydrogen-bond donors (Lipinski definition) is 0. The lowest BCUT2D eigenvalue weighted by Gasteiger charge is -2.13. The van der Waals surface area contributed by atoms with E-state index in [0.29, 0.717) is 0 Å². The van der Waals surface area contributed by atoms with Gasteiger partial charge in [-0.1, -0.05) is 165 Å². The molecule has 0 atom stereocenters. The average Bonchev–Trinajstić information content (AvgIpc) is 3.78. The Hall–Kier alpha value is -6.24. The van der Waals surface area contributed by atoms with Gasteiger partial charge in [0.1, 0.15) is 0 Å². The summed E-state index contributed by atoms with van der Waals surface area (Å²) < 4.78 is 0. The van der Waals surface area contributed by atoms with E-state index in [1.165, 1.54) is 120 Å². The molecule has 0 amide bonds. The lowest BCUT2D eigenvalue weighted by Crippen LogP contribution is -1.85. The molecule has 0 N–H and O–H groups in total. The van der Waals surface area contributed by atoms with Crippen LogP contribution >= 0.6 is 0 Å². The molecule has 0 heteroatoms. The molecule has 0 nitrogen and oxygen atoms in total. The molecule has 0 bridgehead atoms. The predicted molar refractivity (Wildman–Crippen MR) is 213 cm³/mol. The van der Waals surface area contributed by atoms with Crippen LogP contribution in [-0.2, 0) is 0 Å². The van der Waals surface area contributed by atoms with Gasteiger partial charge in [-0.05, 0) is 120 Å². The van der Waals surface area contributed by atoms with Crippen molar-refractivity contribution in [3.63, 3.8) is 0 Å². The molecular weight excluding hydrogens is 589 g/mol. The van der Waals surface area contributed by atoms with Gasteiger partial charge in [-0.15, -0.1) is 0 Å². The van der Waals surface area contributed by atoms with E-state index in [1.807, 2.05) is 0 Å². The summed E-state index contributed by atoms with van der Waals surface area (Å²) in [6.45, 7) is 0. The molecule has 0 aliphatic heterocycles. The Morgan fingerprint density at radius 3 is 1.47 bits per heavy atom. The van der Waals surface area contributed by atoms with E-state index in [9.17, 15) is 0 Å². The number of benzene rings is 9. The second kappa shape index (κ2) is 9.43. The van der Waals surface area contributed by atoms with Crippen molar-refractivity contribution in [1.29, 1.82) is 0 Å². The van der Waals surface area contributed by atoms with Crippen LogP contribution in [0.4, 0.5) is 0 Å². The molecule has 12 rings (SSSR count). The quantitative estimate of drug-likeness (QED) is 0.181. The molecule has 0 saturated heterocycles. The van der Waals surface area contributed by atoms with Gasteiger partial charge in [-0.3, -0.25) is 0 Å². The molecule has 1 aliphatic rings. The molecule has 0 radical (unpaired) electrons. The summed E-state index contributed by atoms with van der Waals surface area (Å²) >= 11 is 0. The van der Waals surface area contributed by atoms with Gasteiger partial charge in [-0.25, -0.2) is 0 Å². The minimum absolute atomic E-state index is 0. The standard InChI is InChI=1S/C48H26.CH4/c1-2-11-27(12-3-1)42-39-21-10-20-36-30-15-6-7-16-37(30)46(45(36)39)48-41-26-24-32(35-19-9-22-40(44(35)41)47(42)48)31-23-25-38-29-14-5-4-13-28(29)33-17-8-18-34(31)43(33)38;/h1-26H;1H4. The second-order valence-corrected chi connectivity index (χ2v) is 13.5. The van der Waals surface area contributed by atoms with Crippen molar-refractivity contribution in [2.45, 2.75) is 7.43 Å². The molecule has 11 aromatic rings. The third-order valence-corrected chi connectivity index (χ3v) is 11.3. The van der Waals surface area contributed by atoms with Gasteiger partial charge in [0, 0.05) is 0 Å². The van der Waals surface area contributed by atoms with Crippen LogP contribution in [0.2, 0.25) is 0 Å². The van der Waals surface area contributed by atoms with Crippen molar-refractivity contribution in [3.8, 4) is 44.5 Å². The van der Waals surface area contributed by atoms with Crippen LogP contribution in [0.3, 0.4) is 0 Å². The maximum Gasteiger partial charge on any atom is -0.000696 e. The first-order valence-electron chi connectivity index (χ1n) is 16.9. The SMILES string of the molecule is C.c1ccc(-c2c3cccc4c5ccccc5c(c34)c3c4ccc(-c5ccc6c7c(cccc57)-c5ccccc5-6)c5cccc(c23)c54)cc1. The Kier molecular flexibility index (Phi) is 5.16. The molecule has 0 saturated carbocycles. The fraction of sp³-hybridized carbons (Fsp3) is 0.0204. The van der Waals surface area contributed by atoms with Crippen molar-refractivity contribution in [2.24, 2.45) is 0 Å². The summed E-state index contributed by atoms with van der Waals surface area (Å²) in [5.74, 6) is 0. The van der Waals surface area contributed by atoms with Gasteiger partial charge in [0.05, 0.1) is 0 Å². The van der Waals surface area contributed by atoms with E-state index in [2.05, 4.69) is 158 Å². The zero-order chi connectivity index (χ0) is 31.1. The topological polar surface area (TPSA) is 0 Å². The van der Waals surface area contributed by atoms with Crippen molar-refractivity contribution in [3.05, 3.63) is 158 Å². The highest BCUT2D eigenvalue weighted by Gasteiger charge is 2.26. The van der Waals surface area contributed by atoms with E-state index in [4.69, 9.17) is 0 Å². The van der Waals surface area contributed by atoms with Gasteiger partial charge in [0.25, 0.3) is 0 Å². The second-order valence-electron chi connectivity index (χ2n) is 13.5. The van der Waals surface area contributed by atoms with E-state index in [0.717, 1.165) is 0 Å². The average molecular weight is 619 g/mol. The van der Waals surface area contributed by atoms with Crippen LogP contribution in [0.1, 0.15) is 7.43 Å². The number of fused-ring (bicyclic) bond motifs is 10. The molecule has 0 unspecified atom stereocenters. The Morgan fingerprint density at radius 2 is 0.673 bits per heavy atom. The van der Waals surface area contributed by atoms with Crippen LogP contribution < -0.4 is 0 Å². The first kappa shape index (κ1) is 26.8. The minimum Gasteiger partial charge on any atom is -0.0776 e. The number of hydrogen-bond acceptors (Lipinski definition) is 0. The fourth-order valence-electron chi connectivity index (χ4n) is 9.51. The van der Waals surface area contributed by atoms with Gasteiger partial charge < -0.3 is 0 Å². The van der Waals surface area contributed by atoms with E-state index in [1.54, 1.807) is 0 Å². The smallest absolute Gasteiger partial charge is 0.000696 e. The summed E-state index contributed by atoms with van der Waals surface area (Å²) in [5, 5.41) is 18.9. The van der Waals surface area contributed by atoms with Crippen LogP contribution in [0.15, 0.2) is 158 Å². The van der Waals surface area contributed by atoms with E-state index < -0.39 is 0 Å². The summed E-state index contributed by atoms with van der Waals surface area (Å²) in [6.07, 6.45) is 0. The van der Waals surface area contributed by atoms with Gasteiger partial charge >= 0.3 is 0 Å². The van der Waals surface area contributed by atoms with Crippen molar-refractivity contribution in [1.82, 2.24) is 0 Å². The molecule has 0 fully saturated rings. The third kappa shape index (κ3) is 3.19. The first-order chi connectivity index (χ1) is 23.9. The summed E-state index contributed by atoms with van der Waals surface area (Å²) in [4.78, 5) is 0. The molecule has 0 aromatic heterocycles. The maximum atomic E-state index is 2.42. The largest absolute Gasteiger partial charge is 0.0776 e. The molecule has 0 heterocycles. The van der Waals surface area contributed by atoms with Crippen LogP contribution in [-0.4, -0.2) is 0 Å². The minimum atomic E-state index is 0. The summed E-state index contributed by atoms with van der Waals surface area (Å²) in [5.41, 5.74) is 10.6. The van der Waals surface area contributed by atoms with Gasteiger partial charge in [0.2, 0.25) is 0 Å². The first-order valence-corrected chi connectivity index (χ1v) is 16.9. The fourth-order valence-corrected chi connectivity index (χ4v) is 9.51. The highest BCUT2D eigenvalue weighted by Crippen LogP contribution is 2.55. The highest BCUT2D eigenvalue weighted by molar-refractivity contribution is 6.48. The van der Waals surface area contributed by atoms with Crippen molar-refractivity contribution in [2.75, 3.05) is 0 Å². The normalized spacial score (nSPS) is 12.3.